The van der Waals surface area contributed by atoms with Crippen molar-refractivity contribution in [2.75, 3.05) is 13.2 Å². The number of carbonyl (C=O) groups excluding carboxylic acids is 2. The number of halogens is 3. The molecule has 0 aromatic heterocycles. The normalized spacial score (nSPS) is 11.6. The van der Waals surface area contributed by atoms with Crippen LogP contribution in [0.25, 0.3) is 0 Å². The van der Waals surface area contributed by atoms with Crippen molar-refractivity contribution in [2.24, 2.45) is 0 Å². The molecule has 0 aliphatic heterocycles. The van der Waals surface area contributed by atoms with Gasteiger partial charge in [-0.3, -0.25) is 9.59 Å². The average Bonchev–Trinajstić information content (AvgIpc) is 2.74. The van der Waals surface area contributed by atoms with E-state index in [4.69, 9.17) is 27.9 Å². The molecule has 1 N–H and O–H groups in total. The van der Waals surface area contributed by atoms with E-state index >= 15 is 0 Å². The lowest BCUT2D eigenvalue weighted by atomic mass is 10.1. The van der Waals surface area contributed by atoms with Crippen molar-refractivity contribution in [3.8, 4) is 5.75 Å². The number of nitrogens with one attached hydrogen (secondary N) is 1. The van der Waals surface area contributed by atoms with Crippen molar-refractivity contribution in [1.82, 2.24) is 10.2 Å². The van der Waals surface area contributed by atoms with Gasteiger partial charge >= 0.3 is 0 Å². The van der Waals surface area contributed by atoms with Gasteiger partial charge in [0.05, 0.1) is 10.0 Å². The molecule has 0 radical (unpaired) electrons. The third-order valence-electron chi connectivity index (χ3n) is 4.45. The second-order valence-electron chi connectivity index (χ2n) is 6.73. The topological polar surface area (TPSA) is 58.6 Å². The molecule has 0 aliphatic carbocycles. The molecule has 0 bridgehead atoms. The highest BCUT2D eigenvalue weighted by Crippen LogP contribution is 2.24. The van der Waals surface area contributed by atoms with Crippen molar-refractivity contribution in [1.29, 1.82) is 0 Å². The molecule has 8 heteroatoms. The van der Waals surface area contributed by atoms with Gasteiger partial charge in [-0.2, -0.15) is 0 Å². The van der Waals surface area contributed by atoms with Gasteiger partial charge in [0.1, 0.15) is 11.8 Å². The fraction of sp³-hybridized carbons (Fsp3) is 0.364. The summed E-state index contributed by atoms with van der Waals surface area (Å²) in [7, 11) is 0. The van der Waals surface area contributed by atoms with E-state index in [0.717, 1.165) is 16.5 Å². The maximum atomic E-state index is 13.1. The van der Waals surface area contributed by atoms with E-state index in [-0.39, 0.29) is 25.0 Å². The largest absolute Gasteiger partial charge is 0.484 e. The average molecular weight is 516 g/mol. The summed E-state index contributed by atoms with van der Waals surface area (Å²) >= 11 is 15.5. The monoisotopic (exact) mass is 514 g/mol. The first kappa shape index (κ1) is 24.5. The van der Waals surface area contributed by atoms with Crippen LogP contribution in [0.4, 0.5) is 0 Å². The van der Waals surface area contributed by atoms with Crippen LogP contribution in [0.1, 0.15) is 32.3 Å². The van der Waals surface area contributed by atoms with E-state index in [9.17, 15) is 9.59 Å². The third-order valence-corrected chi connectivity index (χ3v) is 5.72. The highest BCUT2D eigenvalue weighted by molar-refractivity contribution is 9.10. The van der Waals surface area contributed by atoms with Gasteiger partial charge in [0.25, 0.3) is 5.91 Å². The Hall–Kier alpha value is -1.76. The highest BCUT2D eigenvalue weighted by Gasteiger charge is 2.28. The first-order valence-corrected chi connectivity index (χ1v) is 11.3. The first-order chi connectivity index (χ1) is 14.3. The number of hydrogen-bond acceptors (Lipinski definition) is 3. The molecule has 162 valence electrons. The van der Waals surface area contributed by atoms with Gasteiger partial charge in [0.15, 0.2) is 6.61 Å². The molecule has 1 atom stereocenters. The number of rotatable bonds is 10. The van der Waals surface area contributed by atoms with Gasteiger partial charge < -0.3 is 15.0 Å². The molecular formula is C22H25BrCl2N2O3. The van der Waals surface area contributed by atoms with Gasteiger partial charge in [0, 0.05) is 17.6 Å². The van der Waals surface area contributed by atoms with Crippen LogP contribution in [0.15, 0.2) is 46.9 Å². The zero-order valence-electron chi connectivity index (χ0n) is 17.0. The van der Waals surface area contributed by atoms with Crippen molar-refractivity contribution in [3.63, 3.8) is 0 Å². The van der Waals surface area contributed by atoms with Crippen LogP contribution in [0.3, 0.4) is 0 Å². The first-order valence-electron chi connectivity index (χ1n) is 9.75. The predicted molar refractivity (Wildman–Crippen MR) is 124 cm³/mol. The molecule has 2 aromatic carbocycles. The minimum atomic E-state index is -0.618. The summed E-state index contributed by atoms with van der Waals surface area (Å²) in [4.78, 5) is 27.3. The van der Waals surface area contributed by atoms with Crippen LogP contribution >= 0.6 is 39.1 Å². The molecule has 2 rings (SSSR count). The van der Waals surface area contributed by atoms with Crippen LogP contribution in [-0.2, 0) is 16.1 Å². The Kier molecular flexibility index (Phi) is 9.95. The van der Waals surface area contributed by atoms with Crippen LogP contribution in [0.2, 0.25) is 10.0 Å². The van der Waals surface area contributed by atoms with Crippen molar-refractivity contribution >= 4 is 50.9 Å². The van der Waals surface area contributed by atoms with Gasteiger partial charge in [-0.05, 0) is 54.8 Å². The minimum absolute atomic E-state index is 0.180. The lowest BCUT2D eigenvalue weighted by Gasteiger charge is -2.30. The molecule has 0 saturated carbocycles. The smallest absolute Gasteiger partial charge is 0.261 e. The summed E-state index contributed by atoms with van der Waals surface area (Å²) in [6, 6.07) is 11.8. The zero-order valence-corrected chi connectivity index (χ0v) is 20.1. The fourth-order valence-electron chi connectivity index (χ4n) is 2.88. The molecule has 0 heterocycles. The summed E-state index contributed by atoms with van der Waals surface area (Å²) < 4.78 is 6.57. The molecule has 0 spiro atoms. The molecule has 0 aliphatic rings. The maximum absolute atomic E-state index is 13.1. The lowest BCUT2D eigenvalue weighted by Crippen LogP contribution is -2.50. The van der Waals surface area contributed by atoms with E-state index in [1.54, 1.807) is 30.3 Å². The van der Waals surface area contributed by atoms with Crippen LogP contribution < -0.4 is 10.1 Å². The summed E-state index contributed by atoms with van der Waals surface area (Å²) in [5.74, 6) is 0.100. The summed E-state index contributed by atoms with van der Waals surface area (Å²) in [6.45, 7) is 4.45. The number of amides is 2. The number of nitrogens with zero attached hydrogens (tertiary/aromatic N) is 1. The summed E-state index contributed by atoms with van der Waals surface area (Å²) in [6.07, 6.45) is 1.29. The lowest BCUT2D eigenvalue weighted by molar-refractivity contribution is -0.143. The zero-order chi connectivity index (χ0) is 22.1. The Morgan fingerprint density at radius 1 is 1.10 bits per heavy atom. The van der Waals surface area contributed by atoms with Gasteiger partial charge in [-0.15, -0.1) is 0 Å². The Morgan fingerprint density at radius 2 is 1.80 bits per heavy atom. The second-order valence-corrected chi connectivity index (χ2v) is 8.46. The molecule has 1 unspecified atom stereocenters. The molecule has 2 amide bonds. The standard InChI is InChI=1S/C22H25BrCl2N2O3/c1-3-11-26-22(29)20(4-2)27(13-15-5-10-18(24)19(25)12-15)21(28)14-30-17-8-6-16(23)7-9-17/h5-10,12,20H,3-4,11,13-14H2,1-2H3,(H,26,29). The molecule has 30 heavy (non-hydrogen) atoms. The minimum Gasteiger partial charge on any atom is -0.484 e. The number of carbonyl (C=O) groups is 2. The van der Waals surface area contributed by atoms with E-state index in [1.165, 1.54) is 4.90 Å². The van der Waals surface area contributed by atoms with Crippen molar-refractivity contribution in [3.05, 3.63) is 62.5 Å². The summed E-state index contributed by atoms with van der Waals surface area (Å²) in [5, 5.41) is 3.71. The van der Waals surface area contributed by atoms with Crippen LogP contribution in [-0.4, -0.2) is 35.9 Å². The predicted octanol–water partition coefficient (Wildman–Crippen LogP) is 5.47. The van der Waals surface area contributed by atoms with E-state index in [2.05, 4.69) is 21.2 Å². The number of benzene rings is 2. The number of ether oxygens (including phenoxy) is 1. The third kappa shape index (κ3) is 7.18. The maximum Gasteiger partial charge on any atom is 0.261 e. The van der Waals surface area contributed by atoms with Crippen molar-refractivity contribution in [2.45, 2.75) is 39.3 Å². The SMILES string of the molecule is CCCNC(=O)C(CC)N(Cc1ccc(Cl)c(Cl)c1)C(=O)COc1ccc(Br)cc1. The molecule has 5 nitrogen and oxygen atoms in total. The Labute approximate surface area is 195 Å². The Bertz CT molecular complexity index is 862. The molecule has 2 aromatic rings. The van der Waals surface area contributed by atoms with Gasteiger partial charge in [-0.1, -0.05) is 59.0 Å². The molecule has 0 fully saturated rings. The van der Waals surface area contributed by atoms with Crippen LogP contribution in [0, 0.1) is 0 Å². The Balaban J connectivity index is 2.21. The van der Waals surface area contributed by atoms with Crippen LogP contribution in [0.5, 0.6) is 5.75 Å². The van der Waals surface area contributed by atoms with Crippen molar-refractivity contribution < 1.29 is 14.3 Å². The fourth-order valence-corrected chi connectivity index (χ4v) is 3.46. The second kappa shape index (κ2) is 12.2. The molecular weight excluding hydrogens is 491 g/mol. The van der Waals surface area contributed by atoms with E-state index < -0.39 is 6.04 Å². The highest BCUT2D eigenvalue weighted by atomic mass is 79.9. The Morgan fingerprint density at radius 3 is 2.40 bits per heavy atom. The van der Waals surface area contributed by atoms with Gasteiger partial charge in [0.2, 0.25) is 5.91 Å². The van der Waals surface area contributed by atoms with Gasteiger partial charge in [-0.25, -0.2) is 0 Å². The van der Waals surface area contributed by atoms with E-state index in [1.807, 2.05) is 26.0 Å². The van der Waals surface area contributed by atoms with E-state index in [0.29, 0.717) is 28.8 Å². The summed E-state index contributed by atoms with van der Waals surface area (Å²) in [5.41, 5.74) is 0.781. The quantitative estimate of drug-likeness (QED) is 0.456. The molecule has 0 saturated heterocycles. The number of hydrogen-bond donors (Lipinski definition) is 1.